The summed E-state index contributed by atoms with van der Waals surface area (Å²) in [5.41, 5.74) is -0.463. The van der Waals surface area contributed by atoms with Gasteiger partial charge in [0.05, 0.1) is 0 Å². The Labute approximate surface area is 86.7 Å². The normalized spacial score (nSPS) is 11.8. The summed E-state index contributed by atoms with van der Waals surface area (Å²) in [6, 6.07) is 0.974. The molecular weight excluding hydrogens is 296 g/mol. The first-order valence-electron chi connectivity index (χ1n) is 3.54. The molecule has 0 radical (unpaired) electrons. The minimum atomic E-state index is -4.38. The van der Waals surface area contributed by atoms with Crippen LogP contribution in [0, 0.1) is 3.83 Å². The molecule has 0 fully saturated rings. The van der Waals surface area contributed by atoms with Crippen molar-refractivity contribution in [3.8, 4) is 0 Å². The van der Waals surface area contributed by atoms with Gasteiger partial charge in [0.1, 0.15) is 5.69 Å². The van der Waals surface area contributed by atoms with E-state index in [9.17, 15) is 13.2 Å². The Balaban J connectivity index is 3.16. The van der Waals surface area contributed by atoms with Gasteiger partial charge < -0.3 is 0 Å². The first kappa shape index (κ1) is 10.7. The highest BCUT2D eigenvalue weighted by molar-refractivity contribution is 14.1. The van der Waals surface area contributed by atoms with Gasteiger partial charge in [0.25, 0.3) is 0 Å². The van der Waals surface area contributed by atoms with Crippen LogP contribution in [0.1, 0.15) is 18.3 Å². The van der Waals surface area contributed by atoms with Crippen molar-refractivity contribution >= 4 is 22.6 Å². The summed E-state index contributed by atoms with van der Waals surface area (Å²) in [5.74, 6) is 0. The topological polar surface area (TPSA) is 25.8 Å². The standard InChI is InChI=1S/C7H6F3IN2/c1-2-4-3-5(7(8,9)10)13-6(11)12-4/h3H,2H2,1H3. The molecule has 0 unspecified atom stereocenters. The van der Waals surface area contributed by atoms with Crippen LogP contribution in [0.5, 0.6) is 0 Å². The third-order valence-corrected chi connectivity index (χ3v) is 1.89. The maximum Gasteiger partial charge on any atom is 0.433 e. The highest BCUT2D eigenvalue weighted by Crippen LogP contribution is 2.28. The minimum Gasteiger partial charge on any atom is -0.228 e. The van der Waals surface area contributed by atoms with E-state index < -0.39 is 11.9 Å². The van der Waals surface area contributed by atoms with Gasteiger partial charge in [0.2, 0.25) is 0 Å². The maximum atomic E-state index is 12.2. The third-order valence-electron chi connectivity index (χ3n) is 1.40. The molecule has 1 aromatic heterocycles. The van der Waals surface area contributed by atoms with Gasteiger partial charge in [0, 0.05) is 28.3 Å². The summed E-state index contributed by atoms with van der Waals surface area (Å²) in [4.78, 5) is 7.14. The Bertz CT molecular complexity index is 311. The van der Waals surface area contributed by atoms with Gasteiger partial charge in [0.15, 0.2) is 3.83 Å². The Morgan fingerprint density at radius 2 is 2.00 bits per heavy atom. The zero-order valence-corrected chi connectivity index (χ0v) is 8.85. The maximum absolute atomic E-state index is 12.2. The fourth-order valence-electron chi connectivity index (χ4n) is 0.792. The highest BCUT2D eigenvalue weighted by Gasteiger charge is 2.33. The van der Waals surface area contributed by atoms with Crippen LogP contribution in [0.25, 0.3) is 0 Å². The molecule has 0 saturated heterocycles. The monoisotopic (exact) mass is 302 g/mol. The van der Waals surface area contributed by atoms with Crippen LogP contribution < -0.4 is 0 Å². The number of hydrogen-bond donors (Lipinski definition) is 0. The lowest BCUT2D eigenvalue weighted by Gasteiger charge is -2.06. The number of aryl methyl sites for hydroxylation is 1. The first-order chi connectivity index (χ1) is 5.93. The zero-order valence-electron chi connectivity index (χ0n) is 6.69. The molecule has 0 amide bonds. The average Bonchev–Trinajstić information content (AvgIpc) is 2.01. The second-order valence-electron chi connectivity index (χ2n) is 2.36. The molecule has 0 bridgehead atoms. The SMILES string of the molecule is CCc1cc(C(F)(F)F)nc(I)n1. The van der Waals surface area contributed by atoms with E-state index in [0.29, 0.717) is 12.1 Å². The van der Waals surface area contributed by atoms with Gasteiger partial charge in [-0.15, -0.1) is 0 Å². The Kier molecular flexibility index (Phi) is 3.09. The molecule has 6 heteroatoms. The quantitative estimate of drug-likeness (QED) is 0.589. The van der Waals surface area contributed by atoms with E-state index in [-0.39, 0.29) is 3.83 Å². The van der Waals surface area contributed by atoms with Gasteiger partial charge >= 0.3 is 6.18 Å². The van der Waals surface area contributed by atoms with Gasteiger partial charge in [-0.05, 0) is 12.5 Å². The molecule has 0 aliphatic rings. The van der Waals surface area contributed by atoms with Crippen LogP contribution >= 0.6 is 22.6 Å². The summed E-state index contributed by atoms with van der Waals surface area (Å²) in [6.45, 7) is 1.75. The fraction of sp³-hybridized carbons (Fsp3) is 0.429. The van der Waals surface area contributed by atoms with E-state index in [2.05, 4.69) is 9.97 Å². The summed E-state index contributed by atoms with van der Waals surface area (Å²) >= 11 is 1.67. The molecule has 1 heterocycles. The number of hydrogen-bond acceptors (Lipinski definition) is 2. The van der Waals surface area contributed by atoms with Crippen molar-refractivity contribution in [2.24, 2.45) is 0 Å². The third kappa shape index (κ3) is 2.78. The minimum absolute atomic E-state index is 0.129. The number of aromatic nitrogens is 2. The molecule has 72 valence electrons. The Hall–Kier alpha value is -0.400. The van der Waals surface area contributed by atoms with Crippen molar-refractivity contribution in [2.75, 3.05) is 0 Å². The number of rotatable bonds is 1. The molecule has 0 aliphatic heterocycles. The largest absolute Gasteiger partial charge is 0.433 e. The van der Waals surface area contributed by atoms with Crippen LogP contribution in [-0.2, 0) is 12.6 Å². The number of halogens is 4. The van der Waals surface area contributed by atoms with Gasteiger partial charge in [-0.3, -0.25) is 0 Å². The van der Waals surface area contributed by atoms with E-state index in [1.54, 1.807) is 29.5 Å². The predicted molar refractivity (Wildman–Crippen MR) is 49.1 cm³/mol. The highest BCUT2D eigenvalue weighted by atomic mass is 127. The van der Waals surface area contributed by atoms with Crippen LogP contribution in [0.15, 0.2) is 6.07 Å². The molecule has 0 atom stereocenters. The lowest BCUT2D eigenvalue weighted by Crippen LogP contribution is -2.11. The van der Waals surface area contributed by atoms with Gasteiger partial charge in [-0.1, -0.05) is 6.92 Å². The lowest BCUT2D eigenvalue weighted by molar-refractivity contribution is -0.141. The van der Waals surface area contributed by atoms with Crippen molar-refractivity contribution in [3.63, 3.8) is 0 Å². The predicted octanol–water partition coefficient (Wildman–Crippen LogP) is 2.66. The Morgan fingerprint density at radius 1 is 1.38 bits per heavy atom. The molecule has 0 N–H and O–H groups in total. The van der Waals surface area contributed by atoms with Crippen molar-refractivity contribution in [1.82, 2.24) is 9.97 Å². The second-order valence-corrected chi connectivity index (χ2v) is 3.33. The molecule has 0 aliphatic carbocycles. The van der Waals surface area contributed by atoms with Crippen molar-refractivity contribution in [1.29, 1.82) is 0 Å². The number of nitrogens with zero attached hydrogens (tertiary/aromatic N) is 2. The molecule has 13 heavy (non-hydrogen) atoms. The van der Waals surface area contributed by atoms with Crippen LogP contribution in [-0.4, -0.2) is 9.97 Å². The summed E-state index contributed by atoms with van der Waals surface area (Å²) in [7, 11) is 0. The second kappa shape index (κ2) is 3.77. The summed E-state index contributed by atoms with van der Waals surface area (Å²) in [5, 5.41) is 0. The van der Waals surface area contributed by atoms with E-state index in [1.807, 2.05) is 0 Å². The molecule has 1 aromatic rings. The Morgan fingerprint density at radius 3 is 2.46 bits per heavy atom. The van der Waals surface area contributed by atoms with Gasteiger partial charge in [-0.2, -0.15) is 13.2 Å². The smallest absolute Gasteiger partial charge is 0.228 e. The van der Waals surface area contributed by atoms with E-state index >= 15 is 0 Å². The summed E-state index contributed by atoms with van der Waals surface area (Å²) in [6.07, 6.45) is -3.91. The number of alkyl halides is 3. The molecule has 1 rings (SSSR count). The van der Waals surface area contributed by atoms with Gasteiger partial charge in [-0.25, -0.2) is 9.97 Å². The molecule has 2 nitrogen and oxygen atoms in total. The van der Waals surface area contributed by atoms with E-state index in [4.69, 9.17) is 0 Å². The molecule has 0 aromatic carbocycles. The van der Waals surface area contributed by atoms with Crippen molar-refractivity contribution < 1.29 is 13.2 Å². The van der Waals surface area contributed by atoms with E-state index in [0.717, 1.165) is 6.07 Å². The van der Waals surface area contributed by atoms with Crippen LogP contribution in [0.4, 0.5) is 13.2 Å². The first-order valence-corrected chi connectivity index (χ1v) is 4.62. The summed E-state index contributed by atoms with van der Waals surface area (Å²) < 4.78 is 36.7. The van der Waals surface area contributed by atoms with Crippen molar-refractivity contribution in [3.05, 3.63) is 21.3 Å². The van der Waals surface area contributed by atoms with E-state index in [1.165, 1.54) is 0 Å². The van der Waals surface area contributed by atoms with Crippen molar-refractivity contribution in [2.45, 2.75) is 19.5 Å². The van der Waals surface area contributed by atoms with Crippen LogP contribution in [0.3, 0.4) is 0 Å². The zero-order chi connectivity index (χ0) is 10.1. The molecule has 0 saturated carbocycles. The van der Waals surface area contributed by atoms with Crippen LogP contribution in [0.2, 0.25) is 0 Å². The lowest BCUT2D eigenvalue weighted by atomic mass is 10.3. The molecule has 0 spiro atoms. The average molecular weight is 302 g/mol. The fourth-order valence-corrected chi connectivity index (χ4v) is 1.36. The molecular formula is C7H6F3IN2.